The van der Waals surface area contributed by atoms with Crippen LogP contribution in [0.25, 0.3) is 0 Å². The molecule has 2 rings (SSSR count). The van der Waals surface area contributed by atoms with Crippen molar-refractivity contribution in [3.63, 3.8) is 0 Å². The van der Waals surface area contributed by atoms with Crippen LogP contribution < -0.4 is 5.32 Å². The van der Waals surface area contributed by atoms with E-state index in [0.717, 1.165) is 12.1 Å². The molecule has 0 aliphatic carbocycles. The van der Waals surface area contributed by atoms with Crippen LogP contribution in [0.2, 0.25) is 5.22 Å². The molecule has 6 heteroatoms. The molecule has 0 atom stereocenters. The summed E-state index contributed by atoms with van der Waals surface area (Å²) in [6.45, 7) is 0.0638. The van der Waals surface area contributed by atoms with E-state index in [-0.39, 0.29) is 17.5 Å². The van der Waals surface area contributed by atoms with Crippen molar-refractivity contribution in [3.05, 3.63) is 58.5 Å². The number of carbonyl (C=O) groups excluding carboxylic acids is 1. The maximum Gasteiger partial charge on any atom is 0.287 e. The molecular weight excluding hydrogens is 264 g/mol. The standard InChI is InChI=1S/C12H8ClF2NO2/c13-11-4-3-10(18-11)12(17)16-6-7-1-2-8(14)9(15)5-7/h1-5H,6H2,(H,16,17). The normalized spacial score (nSPS) is 10.4. The zero-order valence-corrected chi connectivity index (χ0v) is 9.80. The van der Waals surface area contributed by atoms with Gasteiger partial charge >= 0.3 is 0 Å². The summed E-state index contributed by atoms with van der Waals surface area (Å²) in [4.78, 5) is 11.6. The Hall–Kier alpha value is -1.88. The van der Waals surface area contributed by atoms with Gasteiger partial charge in [-0.1, -0.05) is 6.07 Å². The molecule has 0 spiro atoms. The molecule has 1 heterocycles. The van der Waals surface area contributed by atoms with Crippen LogP contribution in [0.15, 0.2) is 34.7 Å². The van der Waals surface area contributed by atoms with E-state index in [1.165, 1.54) is 18.2 Å². The van der Waals surface area contributed by atoms with Crippen LogP contribution in [0, 0.1) is 11.6 Å². The van der Waals surface area contributed by atoms with Crippen molar-refractivity contribution in [2.75, 3.05) is 0 Å². The third-order valence-electron chi connectivity index (χ3n) is 2.23. The molecule has 1 aromatic heterocycles. The zero-order valence-electron chi connectivity index (χ0n) is 9.04. The molecule has 0 saturated heterocycles. The van der Waals surface area contributed by atoms with Crippen molar-refractivity contribution >= 4 is 17.5 Å². The lowest BCUT2D eigenvalue weighted by Crippen LogP contribution is -2.22. The second-order valence-electron chi connectivity index (χ2n) is 3.53. The molecule has 2 aromatic rings. The van der Waals surface area contributed by atoms with E-state index in [9.17, 15) is 13.6 Å². The highest BCUT2D eigenvalue weighted by atomic mass is 35.5. The van der Waals surface area contributed by atoms with Crippen molar-refractivity contribution < 1.29 is 18.0 Å². The van der Waals surface area contributed by atoms with E-state index >= 15 is 0 Å². The zero-order chi connectivity index (χ0) is 13.1. The minimum atomic E-state index is -0.956. The highest BCUT2D eigenvalue weighted by molar-refractivity contribution is 6.29. The molecule has 18 heavy (non-hydrogen) atoms. The Morgan fingerprint density at radius 2 is 2.00 bits per heavy atom. The number of carbonyl (C=O) groups is 1. The molecule has 3 nitrogen and oxygen atoms in total. The first-order chi connectivity index (χ1) is 8.56. The average molecular weight is 272 g/mol. The van der Waals surface area contributed by atoms with Crippen LogP contribution in [0.3, 0.4) is 0 Å². The fourth-order valence-corrected chi connectivity index (χ4v) is 1.50. The smallest absolute Gasteiger partial charge is 0.287 e. The second kappa shape index (κ2) is 5.18. The Labute approximate surface area is 106 Å². The van der Waals surface area contributed by atoms with Gasteiger partial charge in [-0.25, -0.2) is 8.78 Å². The third kappa shape index (κ3) is 2.87. The summed E-state index contributed by atoms with van der Waals surface area (Å²) in [7, 11) is 0. The van der Waals surface area contributed by atoms with E-state index in [1.807, 2.05) is 0 Å². The monoisotopic (exact) mass is 271 g/mol. The molecule has 0 bridgehead atoms. The number of nitrogens with one attached hydrogen (secondary N) is 1. The lowest BCUT2D eigenvalue weighted by molar-refractivity contribution is 0.0923. The van der Waals surface area contributed by atoms with Gasteiger partial charge in [-0.05, 0) is 41.4 Å². The fourth-order valence-electron chi connectivity index (χ4n) is 1.36. The third-order valence-corrected chi connectivity index (χ3v) is 2.44. The number of hydrogen-bond acceptors (Lipinski definition) is 2. The molecule has 0 aliphatic rings. The number of hydrogen-bond donors (Lipinski definition) is 1. The van der Waals surface area contributed by atoms with Crippen LogP contribution in [0.4, 0.5) is 8.78 Å². The Morgan fingerprint density at radius 3 is 2.61 bits per heavy atom. The highest BCUT2D eigenvalue weighted by Crippen LogP contribution is 2.13. The molecule has 94 valence electrons. The van der Waals surface area contributed by atoms with Crippen molar-refractivity contribution in [1.29, 1.82) is 0 Å². The number of halogens is 3. The summed E-state index contributed by atoms with van der Waals surface area (Å²) < 4.78 is 30.5. The van der Waals surface area contributed by atoms with E-state index in [0.29, 0.717) is 5.56 Å². The second-order valence-corrected chi connectivity index (χ2v) is 3.91. The maximum absolute atomic E-state index is 12.9. The number of rotatable bonds is 3. The quantitative estimate of drug-likeness (QED) is 0.932. The largest absolute Gasteiger partial charge is 0.440 e. The van der Waals surface area contributed by atoms with Gasteiger partial charge in [0.15, 0.2) is 22.6 Å². The van der Waals surface area contributed by atoms with Crippen molar-refractivity contribution in [2.45, 2.75) is 6.54 Å². The predicted octanol–water partition coefficient (Wildman–Crippen LogP) is 3.14. The number of furan rings is 1. The topological polar surface area (TPSA) is 42.2 Å². The molecular formula is C12H8ClF2NO2. The summed E-state index contributed by atoms with van der Waals surface area (Å²) in [5, 5.41) is 2.60. The summed E-state index contributed by atoms with van der Waals surface area (Å²) in [5.41, 5.74) is 0.444. The Kier molecular flexibility index (Phi) is 3.62. The molecule has 0 radical (unpaired) electrons. The highest BCUT2D eigenvalue weighted by Gasteiger charge is 2.10. The fraction of sp³-hybridized carbons (Fsp3) is 0.0833. The van der Waals surface area contributed by atoms with Crippen LogP contribution in [0.5, 0.6) is 0 Å². The van der Waals surface area contributed by atoms with E-state index in [1.54, 1.807) is 0 Å². The summed E-state index contributed by atoms with van der Waals surface area (Å²) in [5.74, 6) is -2.31. The molecule has 1 amide bonds. The van der Waals surface area contributed by atoms with Gasteiger partial charge in [0.1, 0.15) is 0 Å². The lowest BCUT2D eigenvalue weighted by Gasteiger charge is -2.03. The van der Waals surface area contributed by atoms with Crippen LogP contribution >= 0.6 is 11.6 Å². The molecule has 0 saturated carbocycles. The van der Waals surface area contributed by atoms with Gasteiger partial charge in [0.05, 0.1) is 0 Å². The molecule has 1 N–H and O–H groups in total. The Balaban J connectivity index is 1.99. The maximum atomic E-state index is 12.9. The Bertz CT molecular complexity index is 583. The summed E-state index contributed by atoms with van der Waals surface area (Å²) >= 11 is 5.52. The Morgan fingerprint density at radius 1 is 1.22 bits per heavy atom. The van der Waals surface area contributed by atoms with Gasteiger partial charge in [0, 0.05) is 6.54 Å². The number of amides is 1. The number of benzene rings is 1. The van der Waals surface area contributed by atoms with Gasteiger partial charge in [0.25, 0.3) is 5.91 Å². The van der Waals surface area contributed by atoms with Gasteiger partial charge < -0.3 is 9.73 Å². The first kappa shape index (κ1) is 12.6. The summed E-state index contributed by atoms with van der Waals surface area (Å²) in [6, 6.07) is 6.26. The molecule has 0 aliphatic heterocycles. The average Bonchev–Trinajstić information content (AvgIpc) is 2.77. The minimum Gasteiger partial charge on any atom is -0.440 e. The van der Waals surface area contributed by atoms with Gasteiger partial charge in [-0.3, -0.25) is 4.79 Å². The SMILES string of the molecule is O=C(NCc1ccc(F)c(F)c1)c1ccc(Cl)o1. The van der Waals surface area contributed by atoms with Crippen molar-refractivity contribution in [3.8, 4) is 0 Å². The first-order valence-electron chi connectivity index (χ1n) is 5.04. The van der Waals surface area contributed by atoms with Gasteiger partial charge in [0.2, 0.25) is 0 Å². The molecule has 1 aromatic carbocycles. The van der Waals surface area contributed by atoms with Crippen LogP contribution in [-0.4, -0.2) is 5.91 Å². The first-order valence-corrected chi connectivity index (χ1v) is 5.41. The molecule has 0 fully saturated rings. The van der Waals surface area contributed by atoms with Gasteiger partial charge in [-0.15, -0.1) is 0 Å². The van der Waals surface area contributed by atoms with E-state index in [4.69, 9.17) is 16.0 Å². The van der Waals surface area contributed by atoms with E-state index < -0.39 is 17.5 Å². The predicted molar refractivity (Wildman–Crippen MR) is 61.2 cm³/mol. The van der Waals surface area contributed by atoms with E-state index in [2.05, 4.69) is 5.32 Å². The lowest BCUT2D eigenvalue weighted by atomic mass is 10.2. The molecule has 0 unspecified atom stereocenters. The minimum absolute atomic E-state index is 0.0579. The van der Waals surface area contributed by atoms with Crippen molar-refractivity contribution in [2.24, 2.45) is 0 Å². The van der Waals surface area contributed by atoms with Crippen molar-refractivity contribution in [1.82, 2.24) is 5.32 Å². The van der Waals surface area contributed by atoms with Gasteiger partial charge in [-0.2, -0.15) is 0 Å². The van der Waals surface area contributed by atoms with Crippen LogP contribution in [0.1, 0.15) is 16.1 Å². The summed E-state index contributed by atoms with van der Waals surface area (Å²) in [6.07, 6.45) is 0. The van der Waals surface area contributed by atoms with Crippen LogP contribution in [-0.2, 0) is 6.54 Å².